The van der Waals surface area contributed by atoms with Crippen LogP contribution in [0.4, 0.5) is 0 Å². The molecule has 2 unspecified atom stereocenters. The van der Waals surface area contributed by atoms with Gasteiger partial charge in [-0.1, -0.05) is 40.5 Å². The first kappa shape index (κ1) is 17.4. The Morgan fingerprint density at radius 3 is 2.33 bits per heavy atom. The summed E-state index contributed by atoms with van der Waals surface area (Å²) in [6.07, 6.45) is 6.18. The molecule has 2 atom stereocenters. The van der Waals surface area contributed by atoms with Crippen molar-refractivity contribution in [2.45, 2.75) is 85.2 Å². The number of hydrogen-bond acceptors (Lipinski definition) is 2. The van der Waals surface area contributed by atoms with Gasteiger partial charge in [0.15, 0.2) is 0 Å². The standard InChI is InChI=1S/C15H31NO2/c1-6-10-15(4,5)11-8-9-13(14(17)18)16-12(3)7-2/h12-13,16H,6-11H2,1-5H3,(H,17,18). The second-order valence-electron chi connectivity index (χ2n) is 6.17. The van der Waals surface area contributed by atoms with Crippen LogP contribution in [-0.4, -0.2) is 23.2 Å². The lowest BCUT2D eigenvalue weighted by atomic mass is 9.82. The first-order valence-electron chi connectivity index (χ1n) is 7.31. The van der Waals surface area contributed by atoms with Gasteiger partial charge in [-0.3, -0.25) is 4.79 Å². The Balaban J connectivity index is 4.08. The van der Waals surface area contributed by atoms with E-state index in [9.17, 15) is 9.90 Å². The molecule has 0 radical (unpaired) electrons. The molecule has 0 aromatic carbocycles. The van der Waals surface area contributed by atoms with E-state index >= 15 is 0 Å². The van der Waals surface area contributed by atoms with Crippen molar-refractivity contribution in [1.29, 1.82) is 0 Å². The summed E-state index contributed by atoms with van der Waals surface area (Å²) in [5.74, 6) is -0.719. The van der Waals surface area contributed by atoms with Crippen LogP contribution in [0.1, 0.15) is 73.1 Å². The molecule has 0 aromatic rings. The van der Waals surface area contributed by atoms with E-state index in [0.717, 1.165) is 25.7 Å². The van der Waals surface area contributed by atoms with Gasteiger partial charge in [0.2, 0.25) is 0 Å². The summed E-state index contributed by atoms with van der Waals surface area (Å²) in [7, 11) is 0. The average Bonchev–Trinajstić information content (AvgIpc) is 2.26. The van der Waals surface area contributed by atoms with Crippen molar-refractivity contribution in [1.82, 2.24) is 5.32 Å². The highest BCUT2D eigenvalue weighted by Crippen LogP contribution is 2.29. The fourth-order valence-electron chi connectivity index (χ4n) is 2.33. The Labute approximate surface area is 112 Å². The Bertz CT molecular complexity index is 239. The minimum atomic E-state index is -0.719. The molecule has 0 saturated carbocycles. The molecular formula is C15H31NO2. The number of rotatable bonds is 10. The molecule has 0 aromatic heterocycles. The largest absolute Gasteiger partial charge is 0.480 e. The second kappa shape index (κ2) is 8.52. The highest BCUT2D eigenvalue weighted by molar-refractivity contribution is 5.73. The van der Waals surface area contributed by atoms with Crippen LogP contribution < -0.4 is 5.32 Å². The topological polar surface area (TPSA) is 49.3 Å². The van der Waals surface area contributed by atoms with Gasteiger partial charge in [0, 0.05) is 6.04 Å². The Morgan fingerprint density at radius 2 is 1.89 bits per heavy atom. The maximum absolute atomic E-state index is 11.2. The van der Waals surface area contributed by atoms with Crippen molar-refractivity contribution in [3.05, 3.63) is 0 Å². The molecule has 0 fully saturated rings. The van der Waals surface area contributed by atoms with Crippen LogP contribution in [0.15, 0.2) is 0 Å². The van der Waals surface area contributed by atoms with Gasteiger partial charge in [-0.2, -0.15) is 0 Å². The predicted molar refractivity (Wildman–Crippen MR) is 76.9 cm³/mol. The van der Waals surface area contributed by atoms with Crippen LogP contribution in [-0.2, 0) is 4.79 Å². The molecule has 0 bridgehead atoms. The molecule has 0 amide bonds. The molecule has 108 valence electrons. The lowest BCUT2D eigenvalue weighted by Gasteiger charge is -2.25. The van der Waals surface area contributed by atoms with Gasteiger partial charge in [0.25, 0.3) is 0 Å². The van der Waals surface area contributed by atoms with Crippen molar-refractivity contribution in [2.24, 2.45) is 5.41 Å². The summed E-state index contributed by atoms with van der Waals surface area (Å²) < 4.78 is 0. The van der Waals surface area contributed by atoms with Gasteiger partial charge in [-0.05, 0) is 38.0 Å². The normalized spacial score (nSPS) is 15.4. The highest BCUT2D eigenvalue weighted by atomic mass is 16.4. The maximum atomic E-state index is 11.2. The predicted octanol–water partition coefficient (Wildman–Crippen LogP) is 3.82. The molecule has 3 nitrogen and oxygen atoms in total. The van der Waals surface area contributed by atoms with Gasteiger partial charge in [-0.15, -0.1) is 0 Å². The van der Waals surface area contributed by atoms with Gasteiger partial charge in [-0.25, -0.2) is 0 Å². The molecule has 0 rings (SSSR count). The number of aliphatic carboxylic acids is 1. The number of carboxylic acids is 1. The maximum Gasteiger partial charge on any atom is 0.320 e. The SMILES string of the molecule is CCCC(C)(C)CCCC(NC(C)CC)C(=O)O. The molecule has 0 spiro atoms. The van der Waals surface area contributed by atoms with Crippen LogP contribution in [0.5, 0.6) is 0 Å². The summed E-state index contributed by atoms with van der Waals surface area (Å²) >= 11 is 0. The lowest BCUT2D eigenvalue weighted by molar-refractivity contribution is -0.140. The van der Waals surface area contributed by atoms with Crippen LogP contribution in [0.3, 0.4) is 0 Å². The quantitative estimate of drug-likeness (QED) is 0.625. The van der Waals surface area contributed by atoms with E-state index in [1.165, 1.54) is 12.8 Å². The smallest absolute Gasteiger partial charge is 0.320 e. The summed E-state index contributed by atoms with van der Waals surface area (Å²) in [6, 6.07) is -0.118. The molecule has 0 aliphatic carbocycles. The molecule has 3 heteroatoms. The molecule has 0 aliphatic rings. The van der Waals surface area contributed by atoms with E-state index < -0.39 is 12.0 Å². The van der Waals surface area contributed by atoms with E-state index in [2.05, 4.69) is 33.0 Å². The van der Waals surface area contributed by atoms with Gasteiger partial charge in [0.05, 0.1) is 0 Å². The van der Waals surface area contributed by atoms with E-state index in [4.69, 9.17) is 0 Å². The van der Waals surface area contributed by atoms with Crippen LogP contribution in [0, 0.1) is 5.41 Å². The fraction of sp³-hybridized carbons (Fsp3) is 0.933. The van der Waals surface area contributed by atoms with Crippen molar-refractivity contribution < 1.29 is 9.90 Å². The van der Waals surface area contributed by atoms with Crippen LogP contribution >= 0.6 is 0 Å². The number of nitrogens with one attached hydrogen (secondary N) is 1. The first-order valence-corrected chi connectivity index (χ1v) is 7.31. The molecule has 2 N–H and O–H groups in total. The average molecular weight is 257 g/mol. The monoisotopic (exact) mass is 257 g/mol. The lowest BCUT2D eigenvalue weighted by Crippen LogP contribution is -2.41. The zero-order valence-corrected chi connectivity index (χ0v) is 12.8. The highest BCUT2D eigenvalue weighted by Gasteiger charge is 2.21. The fourth-order valence-corrected chi connectivity index (χ4v) is 2.33. The van der Waals surface area contributed by atoms with Crippen LogP contribution in [0.2, 0.25) is 0 Å². The van der Waals surface area contributed by atoms with Crippen molar-refractivity contribution in [3.63, 3.8) is 0 Å². The third kappa shape index (κ3) is 7.70. The summed E-state index contributed by atoms with van der Waals surface area (Å²) in [5.41, 5.74) is 0.341. The Morgan fingerprint density at radius 1 is 1.28 bits per heavy atom. The van der Waals surface area contributed by atoms with Crippen molar-refractivity contribution in [3.8, 4) is 0 Å². The zero-order chi connectivity index (χ0) is 14.2. The molecule has 0 saturated heterocycles. The Hall–Kier alpha value is -0.570. The van der Waals surface area contributed by atoms with Crippen molar-refractivity contribution in [2.75, 3.05) is 0 Å². The number of carboxylic acid groups (broad SMARTS) is 1. The molecule has 18 heavy (non-hydrogen) atoms. The van der Waals surface area contributed by atoms with Crippen molar-refractivity contribution >= 4 is 5.97 Å². The third-order valence-corrected chi connectivity index (χ3v) is 3.67. The summed E-state index contributed by atoms with van der Waals surface area (Å²) in [6.45, 7) is 10.9. The second-order valence-corrected chi connectivity index (χ2v) is 6.17. The van der Waals surface area contributed by atoms with E-state index in [-0.39, 0.29) is 6.04 Å². The molecule has 0 heterocycles. The first-order chi connectivity index (χ1) is 8.32. The van der Waals surface area contributed by atoms with Gasteiger partial charge < -0.3 is 10.4 Å². The summed E-state index contributed by atoms with van der Waals surface area (Å²) in [5, 5.41) is 12.4. The minimum absolute atomic E-state index is 0.273. The number of carbonyl (C=O) groups is 1. The Kier molecular flexibility index (Phi) is 8.25. The zero-order valence-electron chi connectivity index (χ0n) is 12.8. The summed E-state index contributed by atoms with van der Waals surface area (Å²) in [4.78, 5) is 11.2. The third-order valence-electron chi connectivity index (χ3n) is 3.67. The van der Waals surface area contributed by atoms with E-state index in [0.29, 0.717) is 5.41 Å². The van der Waals surface area contributed by atoms with Crippen LogP contribution in [0.25, 0.3) is 0 Å². The van der Waals surface area contributed by atoms with Gasteiger partial charge >= 0.3 is 5.97 Å². The molecule has 0 aliphatic heterocycles. The van der Waals surface area contributed by atoms with E-state index in [1.54, 1.807) is 0 Å². The number of hydrogen-bond donors (Lipinski definition) is 2. The molecular weight excluding hydrogens is 226 g/mol. The minimum Gasteiger partial charge on any atom is -0.480 e. The van der Waals surface area contributed by atoms with Gasteiger partial charge in [0.1, 0.15) is 6.04 Å². The van der Waals surface area contributed by atoms with E-state index in [1.807, 2.05) is 6.92 Å².